The van der Waals surface area contributed by atoms with Gasteiger partial charge in [0.15, 0.2) is 0 Å². The predicted octanol–water partition coefficient (Wildman–Crippen LogP) is 3.43. The van der Waals surface area contributed by atoms with Crippen molar-refractivity contribution in [1.82, 2.24) is 10.2 Å². The van der Waals surface area contributed by atoms with E-state index in [2.05, 4.69) is 70.9 Å². The summed E-state index contributed by atoms with van der Waals surface area (Å²) in [5, 5.41) is 3.70. The lowest BCUT2D eigenvalue weighted by atomic mass is 10.1. The van der Waals surface area contributed by atoms with E-state index in [-0.39, 0.29) is 0 Å². The topological polar surface area (TPSA) is 15.3 Å². The van der Waals surface area contributed by atoms with Crippen molar-refractivity contribution in [2.75, 3.05) is 19.6 Å². The van der Waals surface area contributed by atoms with Crippen molar-refractivity contribution in [3.8, 4) is 0 Å². The first-order valence-corrected chi connectivity index (χ1v) is 7.97. The van der Waals surface area contributed by atoms with E-state index in [1.807, 2.05) is 0 Å². The fourth-order valence-electron chi connectivity index (χ4n) is 2.68. The van der Waals surface area contributed by atoms with E-state index in [1.165, 1.54) is 41.6 Å². The number of halogens is 1. The molecule has 1 aliphatic rings. The Morgan fingerprint density at radius 2 is 1.78 bits per heavy atom. The summed E-state index contributed by atoms with van der Waals surface area (Å²) in [7, 11) is 0. The fourth-order valence-corrected chi connectivity index (χ4v) is 3.04. The average Bonchev–Trinajstić information content (AvgIpc) is 2.82. The maximum Gasteiger partial charge on any atom is 0.0294 e. The molecule has 1 saturated heterocycles. The summed E-state index contributed by atoms with van der Waals surface area (Å²) in [6.45, 7) is 8.28. The third-order valence-electron chi connectivity index (χ3n) is 3.64. The van der Waals surface area contributed by atoms with Gasteiger partial charge in [-0.1, -0.05) is 12.1 Å². The van der Waals surface area contributed by atoms with Crippen molar-refractivity contribution in [1.29, 1.82) is 0 Å². The van der Waals surface area contributed by atoms with Crippen molar-refractivity contribution < 1.29 is 0 Å². The van der Waals surface area contributed by atoms with Crippen LogP contribution < -0.4 is 5.32 Å². The monoisotopic (exact) mass is 358 g/mol. The lowest BCUT2D eigenvalue weighted by Gasteiger charge is -2.25. The Morgan fingerprint density at radius 1 is 1.17 bits per heavy atom. The van der Waals surface area contributed by atoms with Gasteiger partial charge in [-0.25, -0.2) is 0 Å². The number of nitrogens with one attached hydrogen (secondary N) is 1. The highest BCUT2D eigenvalue weighted by atomic mass is 127. The first-order chi connectivity index (χ1) is 8.65. The highest BCUT2D eigenvalue weighted by Crippen LogP contribution is 2.16. The minimum atomic E-state index is 0.430. The van der Waals surface area contributed by atoms with Crippen LogP contribution in [0.5, 0.6) is 0 Å². The highest BCUT2D eigenvalue weighted by Gasteiger charge is 2.16. The zero-order valence-corrected chi connectivity index (χ0v) is 13.5. The van der Waals surface area contributed by atoms with E-state index in [0.29, 0.717) is 12.1 Å². The molecule has 0 saturated carbocycles. The van der Waals surface area contributed by atoms with Crippen molar-refractivity contribution in [3.63, 3.8) is 0 Å². The summed E-state index contributed by atoms with van der Waals surface area (Å²) >= 11 is 2.35. The molecule has 0 radical (unpaired) electrons. The lowest BCUT2D eigenvalue weighted by molar-refractivity contribution is 0.289. The van der Waals surface area contributed by atoms with Gasteiger partial charge in [-0.15, -0.1) is 0 Å². The van der Waals surface area contributed by atoms with Crippen molar-refractivity contribution in [3.05, 3.63) is 33.4 Å². The second-order valence-electron chi connectivity index (χ2n) is 5.35. The second-order valence-corrected chi connectivity index (χ2v) is 6.59. The zero-order valence-electron chi connectivity index (χ0n) is 11.3. The second kappa shape index (κ2) is 6.87. The number of hydrogen-bond donors (Lipinski definition) is 1. The van der Waals surface area contributed by atoms with E-state index in [0.717, 1.165) is 0 Å². The number of benzene rings is 1. The molecule has 2 rings (SSSR count). The van der Waals surface area contributed by atoms with Crippen LogP contribution in [-0.4, -0.2) is 30.6 Å². The van der Waals surface area contributed by atoms with Gasteiger partial charge < -0.3 is 10.2 Å². The van der Waals surface area contributed by atoms with Gasteiger partial charge in [0, 0.05) is 22.2 Å². The molecule has 0 bridgehead atoms. The number of nitrogens with zero attached hydrogens (tertiary/aromatic N) is 1. The molecule has 100 valence electrons. The smallest absolute Gasteiger partial charge is 0.0294 e. The van der Waals surface area contributed by atoms with Gasteiger partial charge in [-0.3, -0.25) is 0 Å². The zero-order chi connectivity index (χ0) is 13.0. The minimum Gasteiger partial charge on any atom is -0.306 e. The first kappa shape index (κ1) is 14.3. The minimum absolute atomic E-state index is 0.430. The van der Waals surface area contributed by atoms with Gasteiger partial charge >= 0.3 is 0 Å². The van der Waals surface area contributed by atoms with Crippen molar-refractivity contribution in [2.24, 2.45) is 0 Å². The van der Waals surface area contributed by atoms with Crippen molar-refractivity contribution in [2.45, 2.75) is 38.8 Å². The molecule has 1 fully saturated rings. The Hall–Kier alpha value is -0.130. The van der Waals surface area contributed by atoms with Crippen LogP contribution in [0.3, 0.4) is 0 Å². The molecule has 2 nitrogen and oxygen atoms in total. The van der Waals surface area contributed by atoms with Gasteiger partial charge in [-0.2, -0.15) is 0 Å². The van der Waals surface area contributed by atoms with E-state index >= 15 is 0 Å². The van der Waals surface area contributed by atoms with Crippen LogP contribution in [0.15, 0.2) is 24.3 Å². The molecular weight excluding hydrogens is 335 g/mol. The van der Waals surface area contributed by atoms with Crippen LogP contribution >= 0.6 is 22.6 Å². The molecule has 1 heterocycles. The first-order valence-electron chi connectivity index (χ1n) is 6.89. The van der Waals surface area contributed by atoms with Gasteiger partial charge in [0.1, 0.15) is 0 Å². The lowest BCUT2D eigenvalue weighted by Crippen LogP contribution is -2.39. The molecule has 1 aromatic rings. The van der Waals surface area contributed by atoms with E-state index in [1.54, 1.807) is 0 Å². The normalized spacial score (nSPS) is 19.9. The molecule has 2 atom stereocenters. The Balaban J connectivity index is 1.82. The fraction of sp³-hybridized carbons (Fsp3) is 0.600. The molecule has 3 heteroatoms. The maximum atomic E-state index is 3.70. The quantitative estimate of drug-likeness (QED) is 0.812. The maximum absolute atomic E-state index is 3.70. The molecule has 0 aromatic heterocycles. The third kappa shape index (κ3) is 4.21. The average molecular weight is 358 g/mol. The van der Waals surface area contributed by atoms with Gasteiger partial charge in [0.25, 0.3) is 0 Å². The molecule has 1 N–H and O–H groups in total. The van der Waals surface area contributed by atoms with E-state index in [4.69, 9.17) is 0 Å². The van der Waals surface area contributed by atoms with Gasteiger partial charge in [0.05, 0.1) is 0 Å². The Bertz CT molecular complexity index is 357. The third-order valence-corrected chi connectivity index (χ3v) is 4.35. The molecule has 0 aliphatic carbocycles. The number of rotatable bonds is 5. The Labute approximate surface area is 124 Å². The summed E-state index contributed by atoms with van der Waals surface area (Å²) < 4.78 is 1.30. The van der Waals surface area contributed by atoms with Crippen LogP contribution in [0.4, 0.5) is 0 Å². The number of hydrogen-bond acceptors (Lipinski definition) is 2. The van der Waals surface area contributed by atoms with Crippen LogP contribution in [0.1, 0.15) is 38.3 Å². The SMILES string of the molecule is CC(CN1CCCC1)NC(C)c1ccc(I)cc1. The van der Waals surface area contributed by atoms with E-state index < -0.39 is 0 Å². The molecule has 18 heavy (non-hydrogen) atoms. The van der Waals surface area contributed by atoms with Crippen LogP contribution in [0.25, 0.3) is 0 Å². The molecule has 1 aliphatic heterocycles. The summed E-state index contributed by atoms with van der Waals surface area (Å²) in [5.74, 6) is 0. The molecule has 1 aromatic carbocycles. The molecule has 0 amide bonds. The Morgan fingerprint density at radius 3 is 2.39 bits per heavy atom. The Kier molecular flexibility index (Phi) is 5.45. The number of likely N-dealkylation sites (tertiary alicyclic amines) is 1. The van der Waals surface area contributed by atoms with Gasteiger partial charge in [-0.05, 0) is 80.1 Å². The van der Waals surface area contributed by atoms with E-state index in [9.17, 15) is 0 Å². The largest absolute Gasteiger partial charge is 0.306 e. The summed E-state index contributed by atoms with van der Waals surface area (Å²) in [5.41, 5.74) is 1.38. The van der Waals surface area contributed by atoms with Crippen LogP contribution in [0, 0.1) is 3.57 Å². The highest BCUT2D eigenvalue weighted by molar-refractivity contribution is 14.1. The summed E-state index contributed by atoms with van der Waals surface area (Å²) in [4.78, 5) is 2.57. The standard InChI is InChI=1S/C15H23IN2/c1-12(11-18-9-3-4-10-18)17-13(2)14-5-7-15(16)8-6-14/h5-8,12-13,17H,3-4,9-11H2,1-2H3. The van der Waals surface area contributed by atoms with Crippen molar-refractivity contribution >= 4 is 22.6 Å². The van der Waals surface area contributed by atoms with Crippen LogP contribution in [-0.2, 0) is 0 Å². The van der Waals surface area contributed by atoms with Gasteiger partial charge in [0.2, 0.25) is 0 Å². The molecular formula is C15H23IN2. The molecule has 0 spiro atoms. The summed E-state index contributed by atoms with van der Waals surface area (Å²) in [6, 6.07) is 9.79. The predicted molar refractivity (Wildman–Crippen MR) is 85.8 cm³/mol. The van der Waals surface area contributed by atoms with Crippen LogP contribution in [0.2, 0.25) is 0 Å². The molecule has 2 unspecified atom stereocenters. The summed E-state index contributed by atoms with van der Waals surface area (Å²) in [6.07, 6.45) is 2.75.